The number of carboxylic acids is 1. The van der Waals surface area contributed by atoms with Crippen molar-refractivity contribution in [3.63, 3.8) is 0 Å². The summed E-state index contributed by atoms with van der Waals surface area (Å²) in [6.45, 7) is 3.50. The zero-order chi connectivity index (χ0) is 15.7. The molecule has 0 saturated heterocycles. The minimum Gasteiger partial charge on any atom is -0.481 e. The maximum absolute atomic E-state index is 10.9. The smallest absolute Gasteiger partial charge is 0.309 e. The Bertz CT molecular complexity index is 466. The summed E-state index contributed by atoms with van der Waals surface area (Å²) in [5.74, 6) is 0.349. The highest BCUT2D eigenvalue weighted by Crippen LogP contribution is 2.22. The van der Waals surface area contributed by atoms with Gasteiger partial charge in [0.2, 0.25) is 0 Å². The Balaban J connectivity index is 2.09. The Morgan fingerprint density at radius 1 is 1.24 bits per heavy atom. The lowest BCUT2D eigenvalue weighted by Gasteiger charge is -2.15. The quantitative estimate of drug-likeness (QED) is 0.361. The Labute approximate surface area is 136 Å². The molecule has 0 heterocycles. The number of thioether (sulfide) groups is 1. The lowest BCUT2D eigenvalue weighted by molar-refractivity contribution is -0.146. The molecule has 0 fully saturated rings. The molecule has 0 amide bonds. The molecule has 0 saturated carbocycles. The predicted octanol–water partition coefficient (Wildman–Crippen LogP) is 5.66. The largest absolute Gasteiger partial charge is 0.481 e. The molecule has 1 aromatic rings. The van der Waals surface area contributed by atoms with Crippen LogP contribution in [0.5, 0.6) is 0 Å². The van der Waals surface area contributed by atoms with E-state index in [2.05, 4.69) is 6.08 Å². The second kappa shape index (κ2) is 9.16. The summed E-state index contributed by atoms with van der Waals surface area (Å²) in [5, 5.41) is 9.77. The van der Waals surface area contributed by atoms with Gasteiger partial charge in [-0.05, 0) is 69.5 Å². The highest BCUT2D eigenvalue weighted by Gasteiger charge is 2.24. The standard InChI is InChI=1S/C17H23ClO2S/c1-17(2,16(19)20)12-6-4-3-5-7-13-21-15-10-8-14(18)9-11-15/h4,6,8-11H,3,5,7,12-13H2,1-2H3,(H,19,20). The monoisotopic (exact) mass is 326 g/mol. The average molecular weight is 327 g/mol. The average Bonchev–Trinajstić information content (AvgIpc) is 2.43. The van der Waals surface area contributed by atoms with Gasteiger partial charge in [-0.25, -0.2) is 0 Å². The van der Waals surface area contributed by atoms with Crippen LogP contribution in [-0.2, 0) is 4.79 Å². The third-order valence-electron chi connectivity index (χ3n) is 3.22. The Kier molecular flexibility index (Phi) is 7.91. The van der Waals surface area contributed by atoms with Crippen LogP contribution < -0.4 is 0 Å². The molecule has 0 aliphatic rings. The van der Waals surface area contributed by atoms with E-state index in [0.29, 0.717) is 6.42 Å². The molecule has 0 aliphatic carbocycles. The molecule has 1 aromatic carbocycles. The number of carboxylic acid groups (broad SMARTS) is 1. The molecule has 0 bridgehead atoms. The minimum absolute atomic E-state index is 0.585. The molecule has 4 heteroatoms. The van der Waals surface area contributed by atoms with Crippen LogP contribution in [0.4, 0.5) is 0 Å². The highest BCUT2D eigenvalue weighted by molar-refractivity contribution is 7.99. The molecular weight excluding hydrogens is 304 g/mol. The van der Waals surface area contributed by atoms with Crippen LogP contribution in [0.3, 0.4) is 0 Å². The minimum atomic E-state index is -0.744. The fraction of sp³-hybridized carbons (Fsp3) is 0.471. The van der Waals surface area contributed by atoms with Gasteiger partial charge in [-0.15, -0.1) is 11.8 Å². The summed E-state index contributed by atoms with van der Waals surface area (Å²) in [7, 11) is 0. The van der Waals surface area contributed by atoms with Crippen molar-refractivity contribution in [3.05, 3.63) is 41.4 Å². The molecule has 116 valence electrons. The van der Waals surface area contributed by atoms with Gasteiger partial charge >= 0.3 is 5.97 Å². The summed E-state index contributed by atoms with van der Waals surface area (Å²) < 4.78 is 0. The molecule has 0 atom stereocenters. The van der Waals surface area contributed by atoms with Crippen molar-refractivity contribution in [3.8, 4) is 0 Å². The van der Waals surface area contributed by atoms with Crippen LogP contribution in [0.15, 0.2) is 41.3 Å². The third kappa shape index (κ3) is 7.58. The molecule has 21 heavy (non-hydrogen) atoms. The van der Waals surface area contributed by atoms with Crippen molar-refractivity contribution < 1.29 is 9.90 Å². The van der Waals surface area contributed by atoms with Gasteiger partial charge in [-0.3, -0.25) is 4.79 Å². The number of unbranched alkanes of at least 4 members (excludes halogenated alkanes) is 2. The van der Waals surface area contributed by atoms with Gasteiger partial charge in [-0.2, -0.15) is 0 Å². The summed E-state index contributed by atoms with van der Waals surface area (Å²) in [6, 6.07) is 7.91. The molecule has 0 radical (unpaired) electrons. The van der Waals surface area contributed by atoms with E-state index in [9.17, 15) is 4.79 Å². The summed E-state index contributed by atoms with van der Waals surface area (Å²) in [4.78, 5) is 12.2. The lowest BCUT2D eigenvalue weighted by Crippen LogP contribution is -2.22. The molecule has 2 nitrogen and oxygen atoms in total. The van der Waals surface area contributed by atoms with Gasteiger partial charge in [0.1, 0.15) is 0 Å². The second-order valence-electron chi connectivity index (χ2n) is 5.66. The molecular formula is C17H23ClO2S. The van der Waals surface area contributed by atoms with E-state index in [1.807, 2.05) is 42.1 Å². The second-order valence-corrected chi connectivity index (χ2v) is 7.27. The van der Waals surface area contributed by atoms with Crippen molar-refractivity contribution in [1.82, 2.24) is 0 Å². The fourth-order valence-corrected chi connectivity index (χ4v) is 2.71. The van der Waals surface area contributed by atoms with E-state index in [-0.39, 0.29) is 0 Å². The van der Waals surface area contributed by atoms with Gasteiger partial charge in [0, 0.05) is 9.92 Å². The number of halogens is 1. The summed E-state index contributed by atoms with van der Waals surface area (Å²) in [5.41, 5.74) is -0.666. The number of benzene rings is 1. The molecule has 1 rings (SSSR count). The zero-order valence-corrected chi connectivity index (χ0v) is 14.2. The number of hydrogen-bond acceptors (Lipinski definition) is 2. The normalized spacial score (nSPS) is 12.0. The van der Waals surface area contributed by atoms with Gasteiger partial charge in [0.15, 0.2) is 0 Å². The van der Waals surface area contributed by atoms with Crippen LogP contribution in [0.2, 0.25) is 5.02 Å². The van der Waals surface area contributed by atoms with E-state index >= 15 is 0 Å². The number of aliphatic carboxylic acids is 1. The first-order chi connectivity index (χ1) is 9.92. The first kappa shape index (κ1) is 18.1. The van der Waals surface area contributed by atoms with E-state index in [1.165, 1.54) is 4.90 Å². The molecule has 0 unspecified atom stereocenters. The number of carbonyl (C=O) groups is 1. The third-order valence-corrected chi connectivity index (χ3v) is 4.57. The number of allylic oxidation sites excluding steroid dienone is 2. The predicted molar refractivity (Wildman–Crippen MR) is 91.2 cm³/mol. The first-order valence-electron chi connectivity index (χ1n) is 7.18. The summed E-state index contributed by atoms with van der Waals surface area (Å²) in [6.07, 6.45) is 7.96. The van der Waals surface area contributed by atoms with E-state index < -0.39 is 11.4 Å². The Hall–Kier alpha value is -0.930. The van der Waals surface area contributed by atoms with Crippen LogP contribution in [0.1, 0.15) is 39.5 Å². The van der Waals surface area contributed by atoms with E-state index in [1.54, 1.807) is 13.8 Å². The first-order valence-corrected chi connectivity index (χ1v) is 8.55. The molecule has 0 spiro atoms. The lowest BCUT2D eigenvalue weighted by atomic mass is 9.89. The summed E-state index contributed by atoms with van der Waals surface area (Å²) >= 11 is 7.68. The number of rotatable bonds is 9. The van der Waals surface area contributed by atoms with Crippen LogP contribution >= 0.6 is 23.4 Å². The number of hydrogen-bond donors (Lipinski definition) is 1. The molecule has 0 aromatic heterocycles. The van der Waals surface area contributed by atoms with Crippen molar-refractivity contribution in [2.24, 2.45) is 5.41 Å². The Morgan fingerprint density at radius 2 is 1.90 bits per heavy atom. The maximum atomic E-state index is 10.9. The van der Waals surface area contributed by atoms with Crippen LogP contribution in [-0.4, -0.2) is 16.8 Å². The van der Waals surface area contributed by atoms with E-state index in [4.69, 9.17) is 16.7 Å². The van der Waals surface area contributed by atoms with Crippen molar-refractivity contribution in [2.75, 3.05) is 5.75 Å². The fourth-order valence-electron chi connectivity index (χ4n) is 1.67. The highest BCUT2D eigenvalue weighted by atomic mass is 35.5. The van der Waals surface area contributed by atoms with Gasteiger partial charge in [0.05, 0.1) is 5.41 Å². The van der Waals surface area contributed by atoms with Gasteiger partial charge < -0.3 is 5.11 Å². The van der Waals surface area contributed by atoms with Crippen molar-refractivity contribution in [1.29, 1.82) is 0 Å². The van der Waals surface area contributed by atoms with Gasteiger partial charge in [0.25, 0.3) is 0 Å². The van der Waals surface area contributed by atoms with Crippen LogP contribution in [0.25, 0.3) is 0 Å². The van der Waals surface area contributed by atoms with E-state index in [0.717, 1.165) is 30.0 Å². The SMILES string of the molecule is CC(C)(CC=CCCCCSc1ccc(Cl)cc1)C(=O)O. The van der Waals surface area contributed by atoms with Crippen LogP contribution in [0, 0.1) is 5.41 Å². The molecule has 0 aliphatic heterocycles. The Morgan fingerprint density at radius 3 is 2.52 bits per heavy atom. The molecule has 1 N–H and O–H groups in total. The zero-order valence-electron chi connectivity index (χ0n) is 12.6. The van der Waals surface area contributed by atoms with Crippen molar-refractivity contribution in [2.45, 2.75) is 44.4 Å². The van der Waals surface area contributed by atoms with Gasteiger partial charge in [-0.1, -0.05) is 23.8 Å². The van der Waals surface area contributed by atoms with Crippen molar-refractivity contribution >= 4 is 29.3 Å². The maximum Gasteiger partial charge on any atom is 0.309 e. The topological polar surface area (TPSA) is 37.3 Å².